The second kappa shape index (κ2) is 8.48. The molecule has 26 heavy (non-hydrogen) atoms. The lowest BCUT2D eigenvalue weighted by Gasteiger charge is -2.22. The summed E-state index contributed by atoms with van der Waals surface area (Å²) in [4.78, 5) is 14.2. The van der Waals surface area contributed by atoms with Crippen molar-refractivity contribution in [1.82, 2.24) is 4.90 Å². The average molecular weight is 460 g/mol. The summed E-state index contributed by atoms with van der Waals surface area (Å²) in [6, 6.07) is 8.91. The minimum absolute atomic E-state index is 0.183. The Bertz CT molecular complexity index is 812. The molecule has 1 N–H and O–H groups in total. The first-order valence-corrected chi connectivity index (χ1v) is 9.49. The molecule has 0 radical (unpaired) electrons. The first-order chi connectivity index (χ1) is 12.4. The van der Waals surface area contributed by atoms with Gasteiger partial charge in [0.2, 0.25) is 5.91 Å². The molecule has 2 aromatic carbocycles. The molecule has 0 spiro atoms. The lowest BCUT2D eigenvalue weighted by molar-refractivity contribution is -0.117. The number of fused-ring (bicyclic) bond motifs is 1. The van der Waals surface area contributed by atoms with Crippen LogP contribution in [-0.2, 0) is 11.3 Å². The molecule has 8 heteroatoms. The number of benzene rings is 2. The van der Waals surface area contributed by atoms with Gasteiger partial charge in [-0.3, -0.25) is 9.69 Å². The third-order valence-corrected chi connectivity index (χ3v) is 5.16. The second-order valence-electron chi connectivity index (χ2n) is 5.90. The molecular formula is C18H17BrCl2N2O3. The average Bonchev–Trinajstić information content (AvgIpc) is 2.59. The number of nitrogens with zero attached hydrogens (tertiary/aromatic N) is 1. The Labute approximate surface area is 170 Å². The van der Waals surface area contributed by atoms with Crippen LogP contribution in [0.3, 0.4) is 0 Å². The van der Waals surface area contributed by atoms with E-state index in [4.69, 9.17) is 32.7 Å². The standard InChI is InChI=1S/C18H17BrCl2N2O3/c1-23(10-17(24)22-18-13(20)3-2-4-14(18)21)9-11-7-15-16(8-12(11)19)26-6-5-25-15/h2-4,7-8H,5-6,9-10H2,1H3,(H,22,24). The predicted molar refractivity (Wildman–Crippen MR) is 107 cm³/mol. The van der Waals surface area contributed by atoms with Gasteiger partial charge in [-0.05, 0) is 36.9 Å². The molecule has 0 aliphatic carbocycles. The normalized spacial score (nSPS) is 13.0. The van der Waals surface area contributed by atoms with Gasteiger partial charge in [0, 0.05) is 11.0 Å². The Morgan fingerprint density at radius 1 is 1.19 bits per heavy atom. The molecular weight excluding hydrogens is 443 g/mol. The van der Waals surface area contributed by atoms with Crippen LogP contribution in [0.25, 0.3) is 0 Å². The highest BCUT2D eigenvalue weighted by atomic mass is 79.9. The van der Waals surface area contributed by atoms with Crippen LogP contribution in [0.2, 0.25) is 10.0 Å². The summed E-state index contributed by atoms with van der Waals surface area (Å²) in [6.45, 7) is 1.82. The van der Waals surface area contributed by atoms with Gasteiger partial charge in [-0.2, -0.15) is 0 Å². The number of likely N-dealkylation sites (N-methyl/N-ethyl adjacent to an activating group) is 1. The van der Waals surface area contributed by atoms with E-state index in [0.717, 1.165) is 21.5 Å². The van der Waals surface area contributed by atoms with Gasteiger partial charge in [0.25, 0.3) is 0 Å². The van der Waals surface area contributed by atoms with Gasteiger partial charge in [0.05, 0.1) is 22.3 Å². The van der Waals surface area contributed by atoms with Crippen LogP contribution in [0.5, 0.6) is 11.5 Å². The Morgan fingerprint density at radius 2 is 1.81 bits per heavy atom. The second-order valence-corrected chi connectivity index (χ2v) is 7.57. The van der Waals surface area contributed by atoms with Crippen LogP contribution in [-0.4, -0.2) is 37.6 Å². The number of halogens is 3. The number of ether oxygens (including phenoxy) is 2. The molecule has 1 aliphatic rings. The van der Waals surface area contributed by atoms with Crippen molar-refractivity contribution in [2.24, 2.45) is 0 Å². The number of carbonyl (C=O) groups is 1. The van der Waals surface area contributed by atoms with Crippen LogP contribution in [0, 0.1) is 0 Å². The third-order valence-electron chi connectivity index (χ3n) is 3.79. The van der Waals surface area contributed by atoms with Crippen molar-refractivity contribution in [1.29, 1.82) is 0 Å². The Kier molecular flexibility index (Phi) is 6.29. The van der Waals surface area contributed by atoms with E-state index >= 15 is 0 Å². The monoisotopic (exact) mass is 458 g/mol. The number of carbonyl (C=O) groups excluding carboxylic acids is 1. The zero-order valence-electron chi connectivity index (χ0n) is 14.0. The van der Waals surface area contributed by atoms with Gasteiger partial charge in [-0.1, -0.05) is 45.2 Å². The van der Waals surface area contributed by atoms with Crippen molar-refractivity contribution in [3.63, 3.8) is 0 Å². The number of rotatable bonds is 5. The van der Waals surface area contributed by atoms with Gasteiger partial charge in [-0.15, -0.1) is 0 Å². The number of amides is 1. The Morgan fingerprint density at radius 3 is 2.46 bits per heavy atom. The highest BCUT2D eigenvalue weighted by Crippen LogP contribution is 2.36. The number of para-hydroxylation sites is 1. The van der Waals surface area contributed by atoms with Gasteiger partial charge in [0.15, 0.2) is 11.5 Å². The molecule has 3 rings (SSSR count). The first-order valence-electron chi connectivity index (χ1n) is 7.94. The van der Waals surface area contributed by atoms with E-state index < -0.39 is 0 Å². The van der Waals surface area contributed by atoms with Crippen LogP contribution >= 0.6 is 39.1 Å². The molecule has 0 bridgehead atoms. The summed E-state index contributed by atoms with van der Waals surface area (Å²) >= 11 is 15.7. The fourth-order valence-corrected chi connectivity index (χ4v) is 3.55. The summed E-state index contributed by atoms with van der Waals surface area (Å²) < 4.78 is 12.1. The smallest absolute Gasteiger partial charge is 0.238 e. The van der Waals surface area contributed by atoms with E-state index in [-0.39, 0.29) is 12.5 Å². The van der Waals surface area contributed by atoms with Gasteiger partial charge in [0.1, 0.15) is 13.2 Å². The zero-order valence-corrected chi connectivity index (χ0v) is 17.1. The lowest BCUT2D eigenvalue weighted by Crippen LogP contribution is -2.30. The van der Waals surface area contributed by atoms with Crippen LogP contribution in [0.4, 0.5) is 5.69 Å². The molecule has 5 nitrogen and oxygen atoms in total. The fraction of sp³-hybridized carbons (Fsp3) is 0.278. The Balaban J connectivity index is 1.63. The van der Waals surface area contributed by atoms with E-state index in [0.29, 0.717) is 35.5 Å². The van der Waals surface area contributed by atoms with Crippen molar-refractivity contribution in [3.05, 3.63) is 50.4 Å². The number of hydrogen-bond acceptors (Lipinski definition) is 4. The molecule has 1 heterocycles. The largest absolute Gasteiger partial charge is 0.486 e. The molecule has 0 atom stereocenters. The fourth-order valence-electron chi connectivity index (χ4n) is 2.62. The summed E-state index contributed by atoms with van der Waals surface area (Å²) in [5.74, 6) is 1.24. The minimum atomic E-state index is -0.198. The summed E-state index contributed by atoms with van der Waals surface area (Å²) in [7, 11) is 1.86. The molecule has 1 aliphatic heterocycles. The van der Waals surface area contributed by atoms with Crippen LogP contribution in [0.1, 0.15) is 5.56 Å². The molecule has 0 fully saturated rings. The molecule has 138 valence electrons. The molecule has 0 saturated heterocycles. The van der Waals surface area contributed by atoms with Gasteiger partial charge in [-0.25, -0.2) is 0 Å². The van der Waals surface area contributed by atoms with E-state index in [1.807, 2.05) is 24.1 Å². The van der Waals surface area contributed by atoms with Crippen molar-refractivity contribution in [2.45, 2.75) is 6.54 Å². The molecule has 1 amide bonds. The van der Waals surface area contributed by atoms with E-state index in [1.165, 1.54) is 0 Å². The maximum Gasteiger partial charge on any atom is 0.238 e. The molecule has 0 aromatic heterocycles. The van der Waals surface area contributed by atoms with Crippen LogP contribution in [0.15, 0.2) is 34.8 Å². The molecule has 0 unspecified atom stereocenters. The van der Waals surface area contributed by atoms with Crippen molar-refractivity contribution in [2.75, 3.05) is 32.1 Å². The zero-order chi connectivity index (χ0) is 18.7. The lowest BCUT2D eigenvalue weighted by atomic mass is 10.2. The van der Waals surface area contributed by atoms with Crippen LogP contribution < -0.4 is 14.8 Å². The molecule has 0 saturated carbocycles. The summed E-state index contributed by atoms with van der Waals surface area (Å²) in [6.07, 6.45) is 0. The summed E-state index contributed by atoms with van der Waals surface area (Å²) in [5, 5.41) is 3.57. The summed E-state index contributed by atoms with van der Waals surface area (Å²) in [5.41, 5.74) is 1.43. The van der Waals surface area contributed by atoms with E-state index in [1.54, 1.807) is 18.2 Å². The maximum absolute atomic E-state index is 12.3. The van der Waals surface area contributed by atoms with Crippen molar-refractivity contribution < 1.29 is 14.3 Å². The van der Waals surface area contributed by atoms with Crippen molar-refractivity contribution >= 4 is 50.7 Å². The number of nitrogens with one attached hydrogen (secondary N) is 1. The molecule has 2 aromatic rings. The van der Waals surface area contributed by atoms with Crippen molar-refractivity contribution in [3.8, 4) is 11.5 Å². The minimum Gasteiger partial charge on any atom is -0.486 e. The van der Waals surface area contributed by atoms with E-state index in [2.05, 4.69) is 21.2 Å². The first kappa shape index (κ1) is 19.3. The number of hydrogen-bond donors (Lipinski definition) is 1. The third kappa shape index (κ3) is 4.62. The maximum atomic E-state index is 12.3. The van der Waals surface area contributed by atoms with E-state index in [9.17, 15) is 4.79 Å². The van der Waals surface area contributed by atoms with Gasteiger partial charge < -0.3 is 14.8 Å². The number of anilines is 1. The van der Waals surface area contributed by atoms with Gasteiger partial charge >= 0.3 is 0 Å². The Hall–Kier alpha value is -1.47. The topological polar surface area (TPSA) is 50.8 Å². The predicted octanol–water partition coefficient (Wildman–Crippen LogP) is 4.60. The SMILES string of the molecule is CN(CC(=O)Nc1c(Cl)cccc1Cl)Cc1cc2c(cc1Br)OCCO2. The highest BCUT2D eigenvalue weighted by molar-refractivity contribution is 9.10. The highest BCUT2D eigenvalue weighted by Gasteiger charge is 2.17. The quantitative estimate of drug-likeness (QED) is 0.709.